The van der Waals surface area contributed by atoms with Crippen LogP contribution in [0.15, 0.2) is 0 Å². The maximum atomic E-state index is 12.1. The normalized spacial score (nSPS) is 18.5. The lowest BCUT2D eigenvalue weighted by molar-refractivity contribution is 0.374. The number of likely N-dealkylation sites (N-methyl/N-ethyl adjacent to an activating group) is 1. The molecule has 0 aromatic heterocycles. The molecule has 0 saturated heterocycles. The first-order valence-corrected chi connectivity index (χ1v) is 7.87. The van der Waals surface area contributed by atoms with E-state index in [0.717, 1.165) is 25.7 Å². The molecule has 6 heteroatoms. The van der Waals surface area contributed by atoms with Crippen molar-refractivity contribution in [1.82, 2.24) is 4.31 Å². The van der Waals surface area contributed by atoms with Gasteiger partial charge in [0.1, 0.15) is 5.84 Å². The van der Waals surface area contributed by atoms with Crippen molar-refractivity contribution in [2.24, 2.45) is 11.7 Å². The van der Waals surface area contributed by atoms with Gasteiger partial charge in [-0.05, 0) is 18.8 Å². The lowest BCUT2D eigenvalue weighted by Crippen LogP contribution is -2.40. The Bertz CT molecular complexity index is 348. The first-order chi connectivity index (χ1) is 7.95. The zero-order valence-corrected chi connectivity index (χ0v) is 11.3. The number of nitrogens with two attached hydrogens (primary N) is 1. The molecule has 5 nitrogen and oxygen atoms in total. The zero-order chi connectivity index (χ0) is 12.9. The van der Waals surface area contributed by atoms with Crippen LogP contribution in [0.1, 0.15) is 39.0 Å². The summed E-state index contributed by atoms with van der Waals surface area (Å²) in [6.45, 7) is 2.18. The fourth-order valence-electron chi connectivity index (χ4n) is 2.35. The van der Waals surface area contributed by atoms with E-state index in [4.69, 9.17) is 11.1 Å². The molecule has 0 radical (unpaired) electrons. The lowest BCUT2D eigenvalue weighted by Gasteiger charge is -2.25. The number of amidine groups is 1. The molecule has 0 heterocycles. The first kappa shape index (κ1) is 14.4. The quantitative estimate of drug-likeness (QED) is 0.555. The highest BCUT2D eigenvalue weighted by Gasteiger charge is 2.26. The third kappa shape index (κ3) is 4.63. The topological polar surface area (TPSA) is 87.2 Å². The molecule has 0 aromatic rings. The van der Waals surface area contributed by atoms with E-state index in [9.17, 15) is 8.42 Å². The summed E-state index contributed by atoms with van der Waals surface area (Å²) < 4.78 is 25.6. The molecule has 1 aliphatic rings. The summed E-state index contributed by atoms with van der Waals surface area (Å²) in [5.74, 6) is 0.405. The van der Waals surface area contributed by atoms with Gasteiger partial charge in [-0.15, -0.1) is 0 Å². The maximum Gasteiger partial charge on any atom is 0.214 e. The molecule has 3 N–H and O–H groups in total. The first-order valence-electron chi connectivity index (χ1n) is 6.26. The summed E-state index contributed by atoms with van der Waals surface area (Å²) in [5, 5.41) is 7.20. The molecule has 1 aliphatic carbocycles. The number of nitrogens with zero attached hydrogens (tertiary/aromatic N) is 1. The van der Waals surface area contributed by atoms with E-state index in [0.29, 0.717) is 6.54 Å². The van der Waals surface area contributed by atoms with Crippen molar-refractivity contribution >= 4 is 15.9 Å². The van der Waals surface area contributed by atoms with Crippen molar-refractivity contribution in [3.63, 3.8) is 0 Å². The van der Waals surface area contributed by atoms with Gasteiger partial charge in [0.05, 0.1) is 12.3 Å². The molecule has 0 aromatic carbocycles. The van der Waals surface area contributed by atoms with Crippen LogP contribution in [0, 0.1) is 11.3 Å². The highest BCUT2D eigenvalue weighted by molar-refractivity contribution is 7.89. The third-order valence-electron chi connectivity index (χ3n) is 3.26. The molecule has 0 amide bonds. The van der Waals surface area contributed by atoms with Crippen LogP contribution in [0.3, 0.4) is 0 Å². The van der Waals surface area contributed by atoms with Crippen LogP contribution >= 0.6 is 0 Å². The summed E-state index contributed by atoms with van der Waals surface area (Å²) in [6.07, 6.45) is 5.52. The number of sulfonamides is 1. The van der Waals surface area contributed by atoms with Gasteiger partial charge < -0.3 is 5.73 Å². The monoisotopic (exact) mass is 261 g/mol. The molecule has 0 unspecified atom stereocenters. The fourth-order valence-corrected chi connectivity index (χ4v) is 4.22. The van der Waals surface area contributed by atoms with Gasteiger partial charge >= 0.3 is 0 Å². The number of rotatable bonds is 6. The van der Waals surface area contributed by atoms with Gasteiger partial charge in [0.25, 0.3) is 0 Å². The van der Waals surface area contributed by atoms with Crippen molar-refractivity contribution in [3.8, 4) is 0 Å². The van der Waals surface area contributed by atoms with Crippen LogP contribution in [0.5, 0.6) is 0 Å². The number of nitrogens with one attached hydrogen (secondary N) is 1. The third-order valence-corrected chi connectivity index (χ3v) is 5.33. The molecule has 17 heavy (non-hydrogen) atoms. The smallest absolute Gasteiger partial charge is 0.214 e. The minimum absolute atomic E-state index is 0.0194. The van der Waals surface area contributed by atoms with E-state index in [1.54, 1.807) is 6.92 Å². The fraction of sp³-hybridized carbons (Fsp3) is 0.909. The molecular weight excluding hydrogens is 238 g/mol. The van der Waals surface area contributed by atoms with Crippen LogP contribution in [-0.4, -0.2) is 37.4 Å². The molecule has 1 saturated carbocycles. The van der Waals surface area contributed by atoms with Gasteiger partial charge in [-0.1, -0.05) is 26.2 Å². The van der Waals surface area contributed by atoms with E-state index in [1.807, 2.05) is 0 Å². The highest BCUT2D eigenvalue weighted by atomic mass is 32.2. The summed E-state index contributed by atoms with van der Waals surface area (Å²) >= 11 is 0. The van der Waals surface area contributed by atoms with Gasteiger partial charge in [-0.2, -0.15) is 4.31 Å². The Kier molecular flexibility index (Phi) is 5.39. The molecular formula is C11H23N3O2S. The Morgan fingerprint density at radius 3 is 2.41 bits per heavy atom. The highest BCUT2D eigenvalue weighted by Crippen LogP contribution is 2.25. The summed E-state index contributed by atoms with van der Waals surface area (Å²) in [5.41, 5.74) is 5.28. The molecule has 1 fully saturated rings. The predicted molar refractivity (Wildman–Crippen MR) is 69.5 cm³/mol. The molecule has 1 rings (SSSR count). The summed E-state index contributed by atoms with van der Waals surface area (Å²) in [7, 11) is -3.25. The Morgan fingerprint density at radius 1 is 1.35 bits per heavy atom. The Balaban J connectivity index is 2.61. The van der Waals surface area contributed by atoms with E-state index in [1.165, 1.54) is 10.7 Å². The van der Waals surface area contributed by atoms with Crippen molar-refractivity contribution < 1.29 is 8.42 Å². The second-order valence-corrected chi connectivity index (χ2v) is 6.75. The van der Waals surface area contributed by atoms with Crippen molar-refractivity contribution in [1.29, 1.82) is 5.41 Å². The van der Waals surface area contributed by atoms with Crippen molar-refractivity contribution in [2.45, 2.75) is 39.0 Å². The maximum absolute atomic E-state index is 12.1. The van der Waals surface area contributed by atoms with Gasteiger partial charge in [0.2, 0.25) is 10.0 Å². The molecule has 100 valence electrons. The molecule has 0 atom stereocenters. The minimum atomic E-state index is -3.25. The van der Waals surface area contributed by atoms with Crippen LogP contribution in [0.25, 0.3) is 0 Å². The largest absolute Gasteiger partial charge is 0.387 e. The van der Waals surface area contributed by atoms with Crippen LogP contribution in [0.2, 0.25) is 0 Å². The van der Waals surface area contributed by atoms with Gasteiger partial charge in [0.15, 0.2) is 0 Å². The van der Waals surface area contributed by atoms with Crippen molar-refractivity contribution in [3.05, 3.63) is 0 Å². The number of hydrogen-bond acceptors (Lipinski definition) is 3. The second kappa shape index (κ2) is 6.35. The summed E-state index contributed by atoms with van der Waals surface area (Å²) in [6, 6.07) is 0. The molecule has 0 bridgehead atoms. The SMILES string of the molecule is CCN(CC(=N)N)S(=O)(=O)CC1CCCCC1. The van der Waals surface area contributed by atoms with Crippen LogP contribution in [-0.2, 0) is 10.0 Å². The molecule has 0 spiro atoms. The van der Waals surface area contributed by atoms with E-state index in [2.05, 4.69) is 0 Å². The van der Waals surface area contributed by atoms with Crippen LogP contribution < -0.4 is 5.73 Å². The zero-order valence-electron chi connectivity index (χ0n) is 10.5. The van der Waals surface area contributed by atoms with E-state index in [-0.39, 0.29) is 24.1 Å². The van der Waals surface area contributed by atoms with Crippen molar-refractivity contribution in [2.75, 3.05) is 18.8 Å². The van der Waals surface area contributed by atoms with Gasteiger partial charge in [-0.3, -0.25) is 5.41 Å². The summed E-state index contributed by atoms with van der Waals surface area (Å²) in [4.78, 5) is 0. The lowest BCUT2D eigenvalue weighted by atomic mass is 9.91. The molecule has 0 aliphatic heterocycles. The van der Waals surface area contributed by atoms with Gasteiger partial charge in [0, 0.05) is 6.54 Å². The van der Waals surface area contributed by atoms with E-state index < -0.39 is 10.0 Å². The Hall–Kier alpha value is -0.620. The van der Waals surface area contributed by atoms with Gasteiger partial charge in [-0.25, -0.2) is 8.42 Å². The predicted octanol–water partition coefficient (Wildman–Crippen LogP) is 1.15. The van der Waals surface area contributed by atoms with Crippen LogP contribution in [0.4, 0.5) is 0 Å². The minimum Gasteiger partial charge on any atom is -0.387 e. The Morgan fingerprint density at radius 2 is 1.94 bits per heavy atom. The van der Waals surface area contributed by atoms with E-state index >= 15 is 0 Å². The second-order valence-electron chi connectivity index (χ2n) is 4.73. The number of hydrogen-bond donors (Lipinski definition) is 2. The Labute approximate surface area is 104 Å². The average Bonchev–Trinajstić information content (AvgIpc) is 2.26. The standard InChI is InChI=1S/C11H23N3O2S/c1-2-14(8-11(12)13)17(15,16)9-10-6-4-3-5-7-10/h10H,2-9H2,1H3,(H3,12,13). The average molecular weight is 261 g/mol.